The van der Waals surface area contributed by atoms with Crippen molar-refractivity contribution in [1.82, 2.24) is 9.88 Å². The minimum Gasteiger partial charge on any atom is -0.382 e. The molecule has 0 spiro atoms. The zero-order valence-electron chi connectivity index (χ0n) is 12.9. The molecule has 1 atom stereocenters. The second kappa shape index (κ2) is 6.94. The number of H-pyrrole nitrogens is 1. The predicted molar refractivity (Wildman–Crippen MR) is 85.0 cm³/mol. The van der Waals surface area contributed by atoms with Gasteiger partial charge < -0.3 is 19.4 Å². The molecule has 1 aliphatic rings. The van der Waals surface area contributed by atoms with E-state index in [1.165, 1.54) is 0 Å². The molecule has 0 saturated carbocycles. The summed E-state index contributed by atoms with van der Waals surface area (Å²) in [7, 11) is 1.67. The van der Waals surface area contributed by atoms with Crippen LogP contribution in [0.1, 0.15) is 16.8 Å². The molecule has 0 bridgehead atoms. The van der Waals surface area contributed by atoms with E-state index in [-0.39, 0.29) is 5.91 Å². The smallest absolute Gasteiger partial charge is 0.253 e. The minimum absolute atomic E-state index is 0.107. The van der Waals surface area contributed by atoms with Crippen LogP contribution in [0.15, 0.2) is 30.5 Å². The molecule has 1 amide bonds. The number of nitrogens with zero attached hydrogens (tertiary/aromatic N) is 1. The summed E-state index contributed by atoms with van der Waals surface area (Å²) in [4.78, 5) is 17.7. The van der Waals surface area contributed by atoms with E-state index in [1.54, 1.807) is 7.11 Å². The van der Waals surface area contributed by atoms with Crippen LogP contribution in [0.5, 0.6) is 0 Å². The number of aromatic amines is 1. The molecule has 5 nitrogen and oxygen atoms in total. The third-order valence-electron chi connectivity index (χ3n) is 4.16. The molecular weight excluding hydrogens is 280 g/mol. The number of hydrogen-bond acceptors (Lipinski definition) is 3. The predicted octanol–water partition coefficient (Wildman–Crippen LogP) is 2.29. The zero-order valence-corrected chi connectivity index (χ0v) is 12.9. The van der Waals surface area contributed by atoms with E-state index in [0.29, 0.717) is 25.7 Å². The van der Waals surface area contributed by atoms with E-state index in [9.17, 15) is 4.79 Å². The number of methoxy groups -OCH3 is 1. The van der Waals surface area contributed by atoms with Gasteiger partial charge in [0.15, 0.2) is 0 Å². The van der Waals surface area contributed by atoms with Gasteiger partial charge in [0.2, 0.25) is 0 Å². The normalized spacial score (nSPS) is 18.2. The van der Waals surface area contributed by atoms with Crippen molar-refractivity contribution < 1.29 is 14.3 Å². The van der Waals surface area contributed by atoms with Gasteiger partial charge in [-0.15, -0.1) is 0 Å². The first kappa shape index (κ1) is 15.1. The van der Waals surface area contributed by atoms with Crippen molar-refractivity contribution in [2.24, 2.45) is 5.92 Å². The highest BCUT2D eigenvalue weighted by Gasteiger charge is 2.27. The quantitative estimate of drug-likeness (QED) is 0.833. The van der Waals surface area contributed by atoms with Crippen LogP contribution in [-0.4, -0.2) is 55.8 Å². The first-order chi connectivity index (χ1) is 10.8. The summed E-state index contributed by atoms with van der Waals surface area (Å²) in [6.07, 6.45) is 2.89. The number of carbonyl (C=O) groups is 1. The Morgan fingerprint density at radius 3 is 3.14 bits per heavy atom. The van der Waals surface area contributed by atoms with E-state index < -0.39 is 0 Å². The zero-order chi connectivity index (χ0) is 15.4. The molecule has 0 unspecified atom stereocenters. The van der Waals surface area contributed by atoms with Crippen LogP contribution in [0.4, 0.5) is 0 Å². The van der Waals surface area contributed by atoms with E-state index >= 15 is 0 Å². The molecule has 1 fully saturated rings. The number of rotatable bonds is 6. The van der Waals surface area contributed by atoms with Gasteiger partial charge in [0, 0.05) is 43.4 Å². The van der Waals surface area contributed by atoms with Crippen LogP contribution in [0.25, 0.3) is 10.9 Å². The highest BCUT2D eigenvalue weighted by Crippen LogP contribution is 2.21. The van der Waals surface area contributed by atoms with Gasteiger partial charge in [-0.25, -0.2) is 0 Å². The summed E-state index contributed by atoms with van der Waals surface area (Å²) >= 11 is 0. The Balaban J connectivity index is 1.56. The number of amides is 1. The molecule has 0 radical (unpaired) electrons. The fourth-order valence-electron chi connectivity index (χ4n) is 2.91. The summed E-state index contributed by atoms with van der Waals surface area (Å²) < 4.78 is 10.5. The van der Waals surface area contributed by atoms with Gasteiger partial charge in [-0.3, -0.25) is 4.79 Å². The number of benzene rings is 1. The number of aromatic nitrogens is 1. The second-order valence-electron chi connectivity index (χ2n) is 5.75. The maximum Gasteiger partial charge on any atom is 0.253 e. The number of fused-ring (bicyclic) bond motifs is 1. The van der Waals surface area contributed by atoms with Gasteiger partial charge in [0.05, 0.1) is 19.8 Å². The molecule has 2 heterocycles. The Morgan fingerprint density at radius 1 is 1.36 bits per heavy atom. The SMILES string of the molecule is COCCOC[C@H]1CCN(C(=O)c2ccc3cc[nH]c3c2)C1. The molecule has 2 aromatic rings. The molecule has 22 heavy (non-hydrogen) atoms. The van der Waals surface area contributed by atoms with E-state index in [1.807, 2.05) is 35.4 Å². The lowest BCUT2D eigenvalue weighted by Crippen LogP contribution is -2.29. The number of carbonyl (C=O) groups excluding carboxylic acids is 1. The van der Waals surface area contributed by atoms with Crippen molar-refractivity contribution in [3.05, 3.63) is 36.0 Å². The van der Waals surface area contributed by atoms with Crippen molar-refractivity contribution in [2.45, 2.75) is 6.42 Å². The molecule has 1 aromatic heterocycles. The van der Waals surface area contributed by atoms with Gasteiger partial charge in [-0.05, 0) is 30.0 Å². The lowest BCUT2D eigenvalue weighted by Gasteiger charge is -2.17. The van der Waals surface area contributed by atoms with Crippen LogP contribution in [-0.2, 0) is 9.47 Å². The standard InChI is InChI=1S/C17H22N2O3/c1-21-8-9-22-12-13-5-7-19(11-13)17(20)15-3-2-14-4-6-18-16(14)10-15/h2-4,6,10,13,18H,5,7-9,11-12H2,1H3/t13-/m0/s1. The minimum atomic E-state index is 0.107. The average molecular weight is 302 g/mol. The summed E-state index contributed by atoms with van der Waals surface area (Å²) in [5.41, 5.74) is 1.75. The fourth-order valence-corrected chi connectivity index (χ4v) is 2.91. The van der Waals surface area contributed by atoms with Gasteiger partial charge in [0.25, 0.3) is 5.91 Å². The highest BCUT2D eigenvalue weighted by molar-refractivity contribution is 5.98. The Hall–Kier alpha value is -1.85. The first-order valence-corrected chi connectivity index (χ1v) is 7.71. The maximum atomic E-state index is 12.6. The number of ether oxygens (including phenoxy) is 2. The molecule has 1 aliphatic heterocycles. The van der Waals surface area contributed by atoms with Crippen molar-refractivity contribution in [3.8, 4) is 0 Å². The topological polar surface area (TPSA) is 54.6 Å². The fraction of sp³-hybridized carbons (Fsp3) is 0.471. The molecule has 5 heteroatoms. The average Bonchev–Trinajstić information content (AvgIpc) is 3.19. The molecule has 3 rings (SSSR count). The van der Waals surface area contributed by atoms with Crippen LogP contribution in [0.3, 0.4) is 0 Å². The van der Waals surface area contributed by atoms with Gasteiger partial charge in [-0.2, -0.15) is 0 Å². The molecule has 1 saturated heterocycles. The van der Waals surface area contributed by atoms with Gasteiger partial charge >= 0.3 is 0 Å². The number of hydrogen-bond donors (Lipinski definition) is 1. The van der Waals surface area contributed by atoms with E-state index in [2.05, 4.69) is 4.98 Å². The van der Waals surface area contributed by atoms with Crippen LogP contribution in [0, 0.1) is 5.92 Å². The largest absolute Gasteiger partial charge is 0.382 e. The Bertz CT molecular complexity index is 638. The van der Waals surface area contributed by atoms with Gasteiger partial charge in [0.1, 0.15) is 0 Å². The molecule has 1 aromatic carbocycles. The monoisotopic (exact) mass is 302 g/mol. The molecule has 118 valence electrons. The number of nitrogens with one attached hydrogen (secondary N) is 1. The van der Waals surface area contributed by atoms with E-state index in [4.69, 9.17) is 9.47 Å². The van der Waals surface area contributed by atoms with E-state index in [0.717, 1.165) is 36.0 Å². The molecule has 1 N–H and O–H groups in total. The Morgan fingerprint density at radius 2 is 2.27 bits per heavy atom. The molecule has 0 aliphatic carbocycles. The highest BCUT2D eigenvalue weighted by atomic mass is 16.5. The third kappa shape index (κ3) is 3.31. The summed E-state index contributed by atoms with van der Waals surface area (Å²) in [6.45, 7) is 3.51. The van der Waals surface area contributed by atoms with Crippen molar-refractivity contribution in [2.75, 3.05) is 40.0 Å². The van der Waals surface area contributed by atoms with Crippen molar-refractivity contribution >= 4 is 16.8 Å². The van der Waals surface area contributed by atoms with Crippen LogP contribution >= 0.6 is 0 Å². The first-order valence-electron chi connectivity index (χ1n) is 7.71. The Kier molecular flexibility index (Phi) is 4.75. The van der Waals surface area contributed by atoms with Crippen LogP contribution in [0.2, 0.25) is 0 Å². The Labute approximate surface area is 130 Å². The number of likely N-dealkylation sites (tertiary alicyclic amines) is 1. The third-order valence-corrected chi connectivity index (χ3v) is 4.16. The summed E-state index contributed by atoms with van der Waals surface area (Å²) in [5.74, 6) is 0.533. The summed E-state index contributed by atoms with van der Waals surface area (Å²) in [5, 5.41) is 1.13. The maximum absolute atomic E-state index is 12.6. The lowest BCUT2D eigenvalue weighted by molar-refractivity contribution is 0.0515. The molecular formula is C17H22N2O3. The van der Waals surface area contributed by atoms with Gasteiger partial charge in [-0.1, -0.05) is 6.07 Å². The van der Waals surface area contributed by atoms with Crippen molar-refractivity contribution in [1.29, 1.82) is 0 Å². The van der Waals surface area contributed by atoms with Crippen molar-refractivity contribution in [3.63, 3.8) is 0 Å². The summed E-state index contributed by atoms with van der Waals surface area (Å²) in [6, 6.07) is 7.83. The lowest BCUT2D eigenvalue weighted by atomic mass is 10.1. The van der Waals surface area contributed by atoms with Crippen LogP contribution < -0.4 is 0 Å². The second-order valence-corrected chi connectivity index (χ2v) is 5.75.